The number of hydrogen-bond donors (Lipinski definition) is 1. The number of nitrogens with zero attached hydrogens (tertiary/aromatic N) is 3. The van der Waals surface area contributed by atoms with Crippen LogP contribution in [0, 0.1) is 6.92 Å². The van der Waals surface area contributed by atoms with Crippen LogP contribution in [0.15, 0.2) is 28.6 Å². The Morgan fingerprint density at radius 1 is 1.21 bits per heavy atom. The van der Waals surface area contributed by atoms with Gasteiger partial charge in [0, 0.05) is 26.0 Å². The largest absolute Gasteiger partial charge is 0.490 e. The molecule has 1 N–H and O–H groups in total. The van der Waals surface area contributed by atoms with Crippen molar-refractivity contribution in [1.82, 2.24) is 15.2 Å². The topological polar surface area (TPSA) is 59.0 Å². The van der Waals surface area contributed by atoms with Crippen molar-refractivity contribution in [2.75, 3.05) is 33.9 Å². The van der Waals surface area contributed by atoms with Gasteiger partial charge in [-0.15, -0.1) is 35.3 Å². The van der Waals surface area contributed by atoms with Gasteiger partial charge in [0.15, 0.2) is 17.5 Å². The fraction of sp³-hybridized carbons (Fsp3) is 0.500. The molecule has 6 nitrogen and oxygen atoms in total. The first-order valence-electron chi connectivity index (χ1n) is 9.28. The first-order chi connectivity index (χ1) is 13.1. The van der Waals surface area contributed by atoms with Gasteiger partial charge in [0.25, 0.3) is 0 Å². The average Bonchev–Trinajstić information content (AvgIpc) is 3.05. The molecule has 1 aromatic heterocycles. The zero-order valence-electron chi connectivity index (χ0n) is 17.3. The molecule has 2 rings (SSSR count). The molecule has 1 heterocycles. The third kappa shape index (κ3) is 7.46. The van der Waals surface area contributed by atoms with E-state index >= 15 is 0 Å². The van der Waals surface area contributed by atoms with Gasteiger partial charge in [0.05, 0.1) is 30.5 Å². The predicted molar refractivity (Wildman–Crippen MR) is 128 cm³/mol. The number of aromatic nitrogens is 1. The summed E-state index contributed by atoms with van der Waals surface area (Å²) >= 11 is 1.67. The van der Waals surface area contributed by atoms with Crippen molar-refractivity contribution in [3.8, 4) is 11.5 Å². The van der Waals surface area contributed by atoms with Gasteiger partial charge < -0.3 is 19.7 Å². The molecule has 2 aromatic rings. The summed E-state index contributed by atoms with van der Waals surface area (Å²) in [6.07, 6.45) is 0.870. The minimum absolute atomic E-state index is 0. The maximum Gasteiger partial charge on any atom is 0.193 e. The van der Waals surface area contributed by atoms with Gasteiger partial charge in [0.2, 0.25) is 0 Å². The van der Waals surface area contributed by atoms with Crippen LogP contribution in [0.3, 0.4) is 0 Å². The number of benzene rings is 1. The second kappa shape index (κ2) is 12.8. The number of thiazole rings is 1. The van der Waals surface area contributed by atoms with Crippen LogP contribution in [-0.2, 0) is 13.0 Å². The quantitative estimate of drug-likeness (QED) is 0.308. The third-order valence-electron chi connectivity index (χ3n) is 3.94. The highest BCUT2D eigenvalue weighted by Crippen LogP contribution is 2.28. The minimum Gasteiger partial charge on any atom is -0.490 e. The fourth-order valence-corrected chi connectivity index (χ4v) is 3.36. The van der Waals surface area contributed by atoms with Gasteiger partial charge in [-0.2, -0.15) is 0 Å². The van der Waals surface area contributed by atoms with Gasteiger partial charge in [-0.3, -0.25) is 4.99 Å². The molecule has 0 unspecified atom stereocenters. The molecule has 0 aliphatic carbocycles. The Morgan fingerprint density at radius 3 is 2.54 bits per heavy atom. The number of ether oxygens (including phenoxy) is 2. The van der Waals surface area contributed by atoms with Crippen molar-refractivity contribution < 1.29 is 9.47 Å². The van der Waals surface area contributed by atoms with E-state index in [9.17, 15) is 0 Å². The highest BCUT2D eigenvalue weighted by atomic mass is 127. The number of guanidine groups is 1. The van der Waals surface area contributed by atoms with E-state index in [1.165, 1.54) is 5.56 Å². The molecular weight excluding hydrogens is 487 g/mol. The third-order valence-corrected chi connectivity index (χ3v) is 4.77. The smallest absolute Gasteiger partial charge is 0.193 e. The maximum absolute atomic E-state index is 5.70. The van der Waals surface area contributed by atoms with Crippen LogP contribution in [0.4, 0.5) is 0 Å². The molecule has 0 fully saturated rings. The molecule has 0 saturated heterocycles. The molecule has 0 amide bonds. The lowest BCUT2D eigenvalue weighted by atomic mass is 10.1. The summed E-state index contributed by atoms with van der Waals surface area (Å²) < 4.78 is 11.3. The maximum atomic E-state index is 5.70. The number of aliphatic imine (C=N–C) groups is 1. The Bertz CT molecular complexity index is 752. The molecule has 0 spiro atoms. The van der Waals surface area contributed by atoms with Crippen molar-refractivity contribution in [2.45, 2.75) is 33.7 Å². The SMILES string of the molecule is CCOc1ccc(CCNC(=NC)N(C)Cc2csc(C)n2)cc1OCC.I. The molecule has 0 bridgehead atoms. The first-order valence-corrected chi connectivity index (χ1v) is 10.2. The number of rotatable bonds is 9. The summed E-state index contributed by atoms with van der Waals surface area (Å²) in [4.78, 5) is 11.0. The van der Waals surface area contributed by atoms with Crippen molar-refractivity contribution in [3.63, 3.8) is 0 Å². The lowest BCUT2D eigenvalue weighted by Crippen LogP contribution is -2.39. The zero-order valence-corrected chi connectivity index (χ0v) is 20.5. The van der Waals surface area contributed by atoms with E-state index < -0.39 is 0 Å². The summed E-state index contributed by atoms with van der Waals surface area (Å²) in [5, 5.41) is 6.59. The van der Waals surface area contributed by atoms with Crippen molar-refractivity contribution in [3.05, 3.63) is 39.8 Å². The van der Waals surface area contributed by atoms with E-state index in [-0.39, 0.29) is 24.0 Å². The van der Waals surface area contributed by atoms with E-state index in [1.807, 2.05) is 33.9 Å². The van der Waals surface area contributed by atoms with Crippen molar-refractivity contribution in [1.29, 1.82) is 0 Å². The van der Waals surface area contributed by atoms with Gasteiger partial charge in [-0.1, -0.05) is 6.07 Å². The highest BCUT2D eigenvalue weighted by molar-refractivity contribution is 14.0. The number of hydrogen-bond acceptors (Lipinski definition) is 5. The lowest BCUT2D eigenvalue weighted by molar-refractivity contribution is 0.287. The van der Waals surface area contributed by atoms with Gasteiger partial charge in [-0.05, 0) is 44.9 Å². The van der Waals surface area contributed by atoms with E-state index in [0.717, 1.165) is 47.7 Å². The molecule has 0 aliphatic rings. The Morgan fingerprint density at radius 2 is 1.93 bits per heavy atom. The normalized spacial score (nSPS) is 11.0. The van der Waals surface area contributed by atoms with Gasteiger partial charge in [-0.25, -0.2) is 4.98 Å². The van der Waals surface area contributed by atoms with Crippen LogP contribution >= 0.6 is 35.3 Å². The van der Waals surface area contributed by atoms with Gasteiger partial charge in [0.1, 0.15) is 0 Å². The first kappa shape index (κ1) is 24.5. The minimum atomic E-state index is 0. The van der Waals surface area contributed by atoms with Crippen LogP contribution < -0.4 is 14.8 Å². The molecule has 1 aromatic carbocycles. The standard InChI is InChI=1S/C20H30N4O2S.HI/c1-6-25-18-9-8-16(12-19(18)26-7-2)10-11-22-20(21-4)24(5)13-17-14-27-15(3)23-17;/h8-9,12,14H,6-7,10-11,13H2,1-5H3,(H,21,22);1H. The monoisotopic (exact) mass is 518 g/mol. The molecule has 156 valence electrons. The van der Waals surface area contributed by atoms with Crippen LogP contribution in [-0.4, -0.2) is 49.7 Å². The zero-order chi connectivity index (χ0) is 19.6. The van der Waals surface area contributed by atoms with Crippen molar-refractivity contribution >= 4 is 41.3 Å². The second-order valence-electron chi connectivity index (χ2n) is 6.09. The number of halogens is 1. The Labute approximate surface area is 189 Å². The summed E-state index contributed by atoms with van der Waals surface area (Å²) in [7, 11) is 3.82. The molecular formula is C20H31IN4O2S. The molecule has 8 heteroatoms. The molecule has 0 saturated carbocycles. The Hall–Kier alpha value is -1.55. The predicted octanol–water partition coefficient (Wildman–Crippen LogP) is 4.12. The highest BCUT2D eigenvalue weighted by Gasteiger charge is 2.10. The van der Waals surface area contributed by atoms with Crippen LogP contribution in [0.25, 0.3) is 0 Å². The van der Waals surface area contributed by atoms with Crippen LogP contribution in [0.1, 0.15) is 30.1 Å². The van der Waals surface area contributed by atoms with E-state index in [4.69, 9.17) is 9.47 Å². The van der Waals surface area contributed by atoms with E-state index in [2.05, 4.69) is 37.7 Å². The van der Waals surface area contributed by atoms with E-state index in [0.29, 0.717) is 13.2 Å². The van der Waals surface area contributed by atoms with Crippen LogP contribution in [0.2, 0.25) is 0 Å². The summed E-state index contributed by atoms with van der Waals surface area (Å²) in [5.74, 6) is 2.46. The molecule has 0 aliphatic heterocycles. The Balaban J connectivity index is 0.00000392. The van der Waals surface area contributed by atoms with E-state index in [1.54, 1.807) is 18.4 Å². The summed E-state index contributed by atoms with van der Waals surface area (Å²) in [6, 6.07) is 6.12. The number of nitrogens with one attached hydrogen (secondary N) is 1. The number of aryl methyl sites for hydroxylation is 1. The molecule has 28 heavy (non-hydrogen) atoms. The van der Waals surface area contributed by atoms with Crippen LogP contribution in [0.5, 0.6) is 11.5 Å². The van der Waals surface area contributed by atoms with Crippen molar-refractivity contribution in [2.24, 2.45) is 4.99 Å². The van der Waals surface area contributed by atoms with Gasteiger partial charge >= 0.3 is 0 Å². The fourth-order valence-electron chi connectivity index (χ4n) is 2.75. The molecule has 0 radical (unpaired) electrons. The average molecular weight is 518 g/mol. The second-order valence-corrected chi connectivity index (χ2v) is 7.15. The molecule has 0 atom stereocenters. The summed E-state index contributed by atoms with van der Waals surface area (Å²) in [6.45, 7) is 8.75. The summed E-state index contributed by atoms with van der Waals surface area (Å²) in [5.41, 5.74) is 2.26. The lowest BCUT2D eigenvalue weighted by Gasteiger charge is -2.21. The Kier molecular flexibility index (Phi) is 11.2.